The topological polar surface area (TPSA) is 76.7 Å². The van der Waals surface area contributed by atoms with E-state index in [4.69, 9.17) is 4.42 Å². The molecule has 0 aliphatic heterocycles. The molecule has 0 saturated carbocycles. The maximum Gasteiger partial charge on any atom is 0.235 e. The van der Waals surface area contributed by atoms with Gasteiger partial charge in [-0.1, -0.05) is 0 Å². The van der Waals surface area contributed by atoms with E-state index >= 15 is 0 Å². The summed E-state index contributed by atoms with van der Waals surface area (Å²) in [6.07, 6.45) is 1.42. The molecule has 0 spiro atoms. The Labute approximate surface area is 107 Å². The second kappa shape index (κ2) is 4.60. The standard InChI is InChI=1S/C12H10FN5O/c1-7-17-18-11(19-7)5-14-12-9-4-8(13)2-3-10(9)15-6-16-12/h2-4,6H,5H2,1H3,(H,14,15,16). The third kappa shape index (κ3) is 2.35. The molecule has 0 fully saturated rings. The van der Waals surface area contributed by atoms with Gasteiger partial charge in [0.15, 0.2) is 0 Å². The normalized spacial score (nSPS) is 10.8. The molecule has 0 radical (unpaired) electrons. The van der Waals surface area contributed by atoms with Crippen molar-refractivity contribution < 1.29 is 8.81 Å². The van der Waals surface area contributed by atoms with E-state index in [1.54, 1.807) is 13.0 Å². The molecule has 19 heavy (non-hydrogen) atoms. The van der Waals surface area contributed by atoms with Crippen molar-refractivity contribution in [3.05, 3.63) is 42.1 Å². The zero-order chi connectivity index (χ0) is 13.2. The predicted molar refractivity (Wildman–Crippen MR) is 65.9 cm³/mol. The zero-order valence-corrected chi connectivity index (χ0v) is 10.1. The third-order valence-corrected chi connectivity index (χ3v) is 2.57. The third-order valence-electron chi connectivity index (χ3n) is 2.57. The van der Waals surface area contributed by atoms with E-state index in [0.29, 0.717) is 35.0 Å². The molecule has 0 atom stereocenters. The Bertz CT molecular complexity index is 727. The molecule has 6 nitrogen and oxygen atoms in total. The largest absolute Gasteiger partial charge is 0.424 e. The molecule has 1 aromatic carbocycles. The Kier molecular flexibility index (Phi) is 2.79. The van der Waals surface area contributed by atoms with Crippen LogP contribution in [0.3, 0.4) is 0 Å². The number of halogens is 1. The minimum atomic E-state index is -0.334. The van der Waals surface area contributed by atoms with Crippen LogP contribution in [0, 0.1) is 12.7 Å². The number of benzene rings is 1. The lowest BCUT2D eigenvalue weighted by Crippen LogP contribution is -2.03. The first kappa shape index (κ1) is 11.5. The summed E-state index contributed by atoms with van der Waals surface area (Å²) >= 11 is 0. The molecule has 0 bridgehead atoms. The molecule has 1 N–H and O–H groups in total. The molecule has 0 amide bonds. The number of anilines is 1. The molecule has 2 heterocycles. The van der Waals surface area contributed by atoms with Gasteiger partial charge >= 0.3 is 0 Å². The highest BCUT2D eigenvalue weighted by Crippen LogP contribution is 2.20. The van der Waals surface area contributed by atoms with Gasteiger partial charge in [0.1, 0.15) is 18.0 Å². The number of aryl methyl sites for hydroxylation is 1. The quantitative estimate of drug-likeness (QED) is 0.776. The van der Waals surface area contributed by atoms with E-state index in [1.165, 1.54) is 18.5 Å². The van der Waals surface area contributed by atoms with Crippen LogP contribution in [0.15, 0.2) is 28.9 Å². The van der Waals surface area contributed by atoms with Crippen LogP contribution in [-0.2, 0) is 6.54 Å². The summed E-state index contributed by atoms with van der Waals surface area (Å²) in [4.78, 5) is 8.16. The molecule has 0 unspecified atom stereocenters. The van der Waals surface area contributed by atoms with Crippen LogP contribution in [0.1, 0.15) is 11.8 Å². The van der Waals surface area contributed by atoms with Crippen molar-refractivity contribution >= 4 is 16.7 Å². The summed E-state index contributed by atoms with van der Waals surface area (Å²) in [5.74, 6) is 1.13. The number of aromatic nitrogens is 4. The molecule has 0 aliphatic rings. The fourth-order valence-electron chi connectivity index (χ4n) is 1.74. The monoisotopic (exact) mass is 259 g/mol. The van der Waals surface area contributed by atoms with Crippen molar-refractivity contribution in [1.82, 2.24) is 20.2 Å². The first-order valence-electron chi connectivity index (χ1n) is 5.65. The molecule has 0 aliphatic carbocycles. The first-order chi connectivity index (χ1) is 9.22. The summed E-state index contributed by atoms with van der Waals surface area (Å²) in [6, 6.07) is 4.35. The molecular formula is C12H10FN5O. The molecule has 96 valence electrons. The van der Waals surface area contributed by atoms with E-state index in [0.717, 1.165) is 0 Å². The van der Waals surface area contributed by atoms with Gasteiger partial charge in [0.05, 0.1) is 12.1 Å². The lowest BCUT2D eigenvalue weighted by Gasteiger charge is -2.06. The van der Waals surface area contributed by atoms with Crippen LogP contribution in [0.25, 0.3) is 10.9 Å². The maximum atomic E-state index is 13.3. The Morgan fingerprint density at radius 1 is 1.26 bits per heavy atom. The van der Waals surface area contributed by atoms with Gasteiger partial charge < -0.3 is 9.73 Å². The highest BCUT2D eigenvalue weighted by Gasteiger charge is 2.07. The number of hydrogen-bond donors (Lipinski definition) is 1. The Morgan fingerprint density at radius 3 is 2.95 bits per heavy atom. The summed E-state index contributed by atoms with van der Waals surface area (Å²) in [5, 5.41) is 11.2. The summed E-state index contributed by atoms with van der Waals surface area (Å²) in [6.45, 7) is 2.04. The minimum Gasteiger partial charge on any atom is -0.424 e. The van der Waals surface area contributed by atoms with Gasteiger partial charge in [0, 0.05) is 12.3 Å². The minimum absolute atomic E-state index is 0.323. The van der Waals surface area contributed by atoms with E-state index < -0.39 is 0 Å². The molecular weight excluding hydrogens is 249 g/mol. The Balaban J connectivity index is 1.90. The zero-order valence-electron chi connectivity index (χ0n) is 10.1. The van der Waals surface area contributed by atoms with Gasteiger partial charge in [0.2, 0.25) is 11.8 Å². The van der Waals surface area contributed by atoms with Crippen molar-refractivity contribution in [3.63, 3.8) is 0 Å². The SMILES string of the molecule is Cc1nnc(CNc2ncnc3ccc(F)cc23)o1. The second-order valence-electron chi connectivity index (χ2n) is 3.95. The van der Waals surface area contributed by atoms with Gasteiger partial charge in [-0.3, -0.25) is 0 Å². The van der Waals surface area contributed by atoms with Gasteiger partial charge in [-0.25, -0.2) is 14.4 Å². The summed E-state index contributed by atoms with van der Waals surface area (Å²) in [7, 11) is 0. The Morgan fingerprint density at radius 2 is 2.16 bits per heavy atom. The van der Waals surface area contributed by atoms with Gasteiger partial charge in [0.25, 0.3) is 0 Å². The fourth-order valence-corrected chi connectivity index (χ4v) is 1.74. The van der Waals surface area contributed by atoms with Crippen molar-refractivity contribution in [3.8, 4) is 0 Å². The smallest absolute Gasteiger partial charge is 0.235 e. The van der Waals surface area contributed by atoms with Crippen molar-refractivity contribution in [2.24, 2.45) is 0 Å². The molecule has 3 aromatic rings. The van der Waals surface area contributed by atoms with E-state index in [9.17, 15) is 4.39 Å². The maximum absolute atomic E-state index is 13.3. The molecule has 0 saturated heterocycles. The second-order valence-corrected chi connectivity index (χ2v) is 3.95. The van der Waals surface area contributed by atoms with Crippen LogP contribution < -0.4 is 5.32 Å². The summed E-state index contributed by atoms with van der Waals surface area (Å²) < 4.78 is 18.5. The lowest BCUT2D eigenvalue weighted by atomic mass is 10.2. The summed E-state index contributed by atoms with van der Waals surface area (Å²) in [5.41, 5.74) is 0.667. The fraction of sp³-hybridized carbons (Fsp3) is 0.167. The van der Waals surface area contributed by atoms with Crippen molar-refractivity contribution in [2.45, 2.75) is 13.5 Å². The van der Waals surface area contributed by atoms with Crippen LogP contribution >= 0.6 is 0 Å². The molecule has 2 aromatic heterocycles. The van der Waals surface area contributed by atoms with E-state index in [2.05, 4.69) is 25.5 Å². The molecule has 3 rings (SSSR count). The average Bonchev–Trinajstić information content (AvgIpc) is 2.82. The predicted octanol–water partition coefficient (Wildman–Crippen LogP) is 2.07. The van der Waals surface area contributed by atoms with E-state index in [-0.39, 0.29) is 5.82 Å². The first-order valence-corrected chi connectivity index (χ1v) is 5.65. The van der Waals surface area contributed by atoms with E-state index in [1.807, 2.05) is 0 Å². The van der Waals surface area contributed by atoms with Crippen molar-refractivity contribution in [2.75, 3.05) is 5.32 Å². The van der Waals surface area contributed by atoms with Crippen molar-refractivity contribution in [1.29, 1.82) is 0 Å². The highest BCUT2D eigenvalue weighted by molar-refractivity contribution is 5.88. The van der Waals surface area contributed by atoms with Gasteiger partial charge in [-0.05, 0) is 18.2 Å². The van der Waals surface area contributed by atoms with Crippen LogP contribution in [0.5, 0.6) is 0 Å². The molecule has 7 heteroatoms. The number of nitrogens with one attached hydrogen (secondary N) is 1. The average molecular weight is 259 g/mol. The Hall–Kier alpha value is -2.57. The number of rotatable bonds is 3. The van der Waals surface area contributed by atoms with Gasteiger partial charge in [-0.15, -0.1) is 10.2 Å². The van der Waals surface area contributed by atoms with Gasteiger partial charge in [-0.2, -0.15) is 0 Å². The van der Waals surface area contributed by atoms with Crippen LogP contribution in [-0.4, -0.2) is 20.2 Å². The van der Waals surface area contributed by atoms with Crippen LogP contribution in [0.4, 0.5) is 10.2 Å². The highest BCUT2D eigenvalue weighted by atomic mass is 19.1. The number of hydrogen-bond acceptors (Lipinski definition) is 6. The lowest BCUT2D eigenvalue weighted by molar-refractivity contribution is 0.474. The number of nitrogens with zero attached hydrogens (tertiary/aromatic N) is 4. The van der Waals surface area contributed by atoms with Crippen LogP contribution in [0.2, 0.25) is 0 Å². The number of fused-ring (bicyclic) bond motifs is 1.